The first-order valence-corrected chi connectivity index (χ1v) is 11.3. The fourth-order valence-electron chi connectivity index (χ4n) is 5.02. The summed E-state index contributed by atoms with van der Waals surface area (Å²) in [6.07, 6.45) is -1.80. The Balaban J connectivity index is 1.33. The number of hydrogen-bond acceptors (Lipinski definition) is 4. The van der Waals surface area contributed by atoms with Gasteiger partial charge in [-0.3, -0.25) is 4.68 Å². The second kappa shape index (κ2) is 8.24. The Hall–Kier alpha value is -3.63. The van der Waals surface area contributed by atoms with Gasteiger partial charge in [0.15, 0.2) is 0 Å². The van der Waals surface area contributed by atoms with Crippen LogP contribution in [0.5, 0.6) is 0 Å². The minimum Gasteiger partial charge on any atom is -0.383 e. The van der Waals surface area contributed by atoms with Gasteiger partial charge in [-0.1, -0.05) is 12.1 Å². The molecule has 0 saturated carbocycles. The van der Waals surface area contributed by atoms with Crippen LogP contribution >= 0.6 is 0 Å². The van der Waals surface area contributed by atoms with Crippen molar-refractivity contribution >= 4 is 11.8 Å². The van der Waals surface area contributed by atoms with E-state index in [0.717, 1.165) is 30.2 Å². The van der Waals surface area contributed by atoms with Gasteiger partial charge >= 0.3 is 12.2 Å². The van der Waals surface area contributed by atoms with E-state index < -0.39 is 17.6 Å². The average Bonchev–Trinajstić information content (AvgIpc) is 3.51. The van der Waals surface area contributed by atoms with Gasteiger partial charge in [-0.2, -0.15) is 18.3 Å². The number of carbonyl (C=O) groups is 1. The molecule has 0 radical (unpaired) electrons. The lowest BCUT2D eigenvalue weighted by Gasteiger charge is -2.25. The lowest BCUT2D eigenvalue weighted by atomic mass is 9.82. The number of anilines is 1. The highest BCUT2D eigenvalue weighted by Gasteiger charge is 2.47. The van der Waals surface area contributed by atoms with Gasteiger partial charge in [0.1, 0.15) is 11.6 Å². The van der Waals surface area contributed by atoms with Gasteiger partial charge < -0.3 is 16.0 Å². The minimum absolute atomic E-state index is 0.213. The zero-order valence-corrected chi connectivity index (χ0v) is 18.9. The highest BCUT2D eigenvalue weighted by atomic mass is 19.4. The molecule has 2 aliphatic heterocycles. The van der Waals surface area contributed by atoms with Gasteiger partial charge in [0.05, 0.1) is 17.3 Å². The van der Waals surface area contributed by atoms with Crippen LogP contribution in [0.1, 0.15) is 42.6 Å². The first kappa shape index (κ1) is 23.1. The normalized spacial score (nSPS) is 20.3. The summed E-state index contributed by atoms with van der Waals surface area (Å²) in [6.45, 7) is 3.48. The van der Waals surface area contributed by atoms with Crippen molar-refractivity contribution in [1.82, 2.24) is 25.0 Å². The summed E-state index contributed by atoms with van der Waals surface area (Å²) < 4.78 is 54.8. The third kappa shape index (κ3) is 4.19. The van der Waals surface area contributed by atoms with Crippen LogP contribution in [-0.2, 0) is 18.1 Å². The molecule has 3 aromatic rings. The Bertz CT molecular complexity index is 1270. The van der Waals surface area contributed by atoms with E-state index in [9.17, 15) is 22.4 Å². The van der Waals surface area contributed by atoms with Crippen molar-refractivity contribution in [3.8, 4) is 11.3 Å². The molecule has 2 unspecified atom stereocenters. The fourth-order valence-corrected chi connectivity index (χ4v) is 5.02. The Kier molecular flexibility index (Phi) is 5.45. The SMILES string of the molecule is CC(NC(=O)N1CCC2(CCn3nc(-c4cnc(N)c(C(F)(F)F)c4)cc32)C1)c1ccc(F)cc1. The van der Waals surface area contributed by atoms with Gasteiger partial charge in [-0.15, -0.1) is 0 Å². The number of carbonyl (C=O) groups excluding carboxylic acids is 1. The third-order valence-corrected chi connectivity index (χ3v) is 7.00. The number of nitrogens with one attached hydrogen (secondary N) is 1. The summed E-state index contributed by atoms with van der Waals surface area (Å²) in [4.78, 5) is 18.4. The maximum Gasteiger partial charge on any atom is 0.419 e. The summed E-state index contributed by atoms with van der Waals surface area (Å²) in [7, 11) is 0. The number of urea groups is 1. The van der Waals surface area contributed by atoms with Gasteiger partial charge in [0.25, 0.3) is 0 Å². The lowest BCUT2D eigenvalue weighted by molar-refractivity contribution is -0.137. The van der Waals surface area contributed by atoms with Crippen molar-refractivity contribution in [2.75, 3.05) is 18.8 Å². The lowest BCUT2D eigenvalue weighted by Crippen LogP contribution is -2.41. The van der Waals surface area contributed by atoms with E-state index in [1.807, 2.05) is 11.6 Å². The smallest absolute Gasteiger partial charge is 0.383 e. The van der Waals surface area contributed by atoms with E-state index in [2.05, 4.69) is 15.4 Å². The number of alkyl halides is 3. The van der Waals surface area contributed by atoms with Crippen molar-refractivity contribution in [1.29, 1.82) is 0 Å². The topological polar surface area (TPSA) is 89.1 Å². The predicted octanol–water partition coefficient (Wildman–Crippen LogP) is 4.50. The quantitative estimate of drug-likeness (QED) is 0.532. The van der Waals surface area contributed by atoms with Crippen molar-refractivity contribution < 1.29 is 22.4 Å². The molecule has 0 bridgehead atoms. The van der Waals surface area contributed by atoms with Crippen LogP contribution in [0.25, 0.3) is 11.3 Å². The van der Waals surface area contributed by atoms with Crippen molar-refractivity contribution in [2.45, 2.75) is 43.9 Å². The summed E-state index contributed by atoms with van der Waals surface area (Å²) in [5.41, 5.74) is 6.46. The molecular formula is C24H24F4N6O. The minimum atomic E-state index is -4.61. The van der Waals surface area contributed by atoms with Gasteiger partial charge in [-0.25, -0.2) is 14.2 Å². The number of aromatic nitrogens is 3. The highest BCUT2D eigenvalue weighted by Crippen LogP contribution is 2.44. The van der Waals surface area contributed by atoms with E-state index in [4.69, 9.17) is 5.73 Å². The van der Waals surface area contributed by atoms with E-state index in [0.29, 0.717) is 25.3 Å². The Labute approximate surface area is 198 Å². The van der Waals surface area contributed by atoms with Crippen LogP contribution in [0.15, 0.2) is 42.6 Å². The van der Waals surface area contributed by atoms with Crippen molar-refractivity contribution in [3.05, 3.63) is 65.2 Å². The maximum atomic E-state index is 13.3. The first-order valence-electron chi connectivity index (χ1n) is 11.3. The molecule has 1 spiro atoms. The van der Waals surface area contributed by atoms with E-state index >= 15 is 0 Å². The van der Waals surface area contributed by atoms with Crippen LogP contribution in [0, 0.1) is 5.82 Å². The number of hydrogen-bond donors (Lipinski definition) is 2. The summed E-state index contributed by atoms with van der Waals surface area (Å²) >= 11 is 0. The standard InChI is InChI=1S/C24H24F4N6O/c1-14(15-2-4-17(25)5-3-15)31-22(35)33-8-6-23(13-33)7-9-34-20(23)11-19(32-34)16-10-18(24(26,27)28)21(29)30-12-16/h2-5,10-12,14H,6-9,13H2,1H3,(H2,29,30)(H,31,35). The number of likely N-dealkylation sites (tertiary alicyclic amines) is 1. The fraction of sp³-hybridized carbons (Fsp3) is 0.375. The van der Waals surface area contributed by atoms with Crippen LogP contribution < -0.4 is 11.1 Å². The van der Waals surface area contributed by atoms with Crippen LogP contribution in [0.3, 0.4) is 0 Å². The Morgan fingerprint density at radius 1 is 1.17 bits per heavy atom. The molecule has 1 aromatic carbocycles. The zero-order chi connectivity index (χ0) is 25.0. The predicted molar refractivity (Wildman–Crippen MR) is 121 cm³/mol. The molecule has 3 N–H and O–H groups in total. The van der Waals surface area contributed by atoms with E-state index in [1.165, 1.54) is 18.3 Å². The molecule has 1 fully saturated rings. The van der Waals surface area contributed by atoms with Crippen molar-refractivity contribution in [3.63, 3.8) is 0 Å². The number of halogens is 4. The number of aryl methyl sites for hydroxylation is 1. The van der Waals surface area contributed by atoms with E-state index in [1.54, 1.807) is 23.1 Å². The number of nitrogen functional groups attached to an aromatic ring is 1. The van der Waals surface area contributed by atoms with Crippen molar-refractivity contribution in [2.24, 2.45) is 0 Å². The molecule has 5 rings (SSSR count). The van der Waals surface area contributed by atoms with Gasteiger partial charge in [0, 0.05) is 42.5 Å². The molecule has 184 valence electrons. The van der Waals surface area contributed by atoms with Crippen LogP contribution in [0.4, 0.5) is 28.2 Å². The number of nitrogens with zero attached hydrogens (tertiary/aromatic N) is 4. The number of benzene rings is 1. The first-order chi connectivity index (χ1) is 16.6. The second-order valence-corrected chi connectivity index (χ2v) is 9.22. The molecule has 2 atom stereocenters. The molecule has 35 heavy (non-hydrogen) atoms. The molecule has 2 amide bonds. The molecule has 11 heteroatoms. The average molecular weight is 488 g/mol. The molecule has 1 saturated heterocycles. The van der Waals surface area contributed by atoms with E-state index in [-0.39, 0.29) is 28.9 Å². The molecule has 2 aromatic heterocycles. The summed E-state index contributed by atoms with van der Waals surface area (Å²) in [5.74, 6) is -0.910. The molecule has 0 aliphatic carbocycles. The number of amides is 2. The van der Waals surface area contributed by atoms with Gasteiger partial charge in [0.2, 0.25) is 0 Å². The Morgan fingerprint density at radius 3 is 2.60 bits per heavy atom. The number of nitrogens with two attached hydrogens (primary N) is 1. The molecule has 2 aliphatic rings. The monoisotopic (exact) mass is 488 g/mol. The summed E-state index contributed by atoms with van der Waals surface area (Å²) in [5, 5.41) is 7.48. The van der Waals surface area contributed by atoms with Crippen LogP contribution in [0.2, 0.25) is 0 Å². The third-order valence-electron chi connectivity index (χ3n) is 7.00. The molecular weight excluding hydrogens is 464 g/mol. The number of pyridine rings is 1. The van der Waals surface area contributed by atoms with Crippen LogP contribution in [-0.4, -0.2) is 38.8 Å². The Morgan fingerprint density at radius 2 is 1.89 bits per heavy atom. The summed E-state index contributed by atoms with van der Waals surface area (Å²) in [6, 6.07) is 8.25. The van der Waals surface area contributed by atoms with Gasteiger partial charge in [-0.05, 0) is 49.6 Å². The number of fused-ring (bicyclic) bond motifs is 2. The molecule has 4 heterocycles. The maximum absolute atomic E-state index is 13.3. The number of rotatable bonds is 3. The largest absolute Gasteiger partial charge is 0.419 e. The zero-order valence-electron chi connectivity index (χ0n) is 18.9. The molecule has 7 nitrogen and oxygen atoms in total. The highest BCUT2D eigenvalue weighted by molar-refractivity contribution is 5.75. The second-order valence-electron chi connectivity index (χ2n) is 9.22.